The van der Waals surface area contributed by atoms with Crippen molar-refractivity contribution in [3.05, 3.63) is 12.5 Å². The van der Waals surface area contributed by atoms with Gasteiger partial charge in [0.1, 0.15) is 6.10 Å². The quantitative estimate of drug-likeness (QED) is 0.658. The number of rotatable bonds is 0. The predicted octanol–water partition coefficient (Wildman–Crippen LogP) is 0.284. The lowest BCUT2D eigenvalue weighted by molar-refractivity contribution is -0.141. The maximum Gasteiger partial charge on any atom is 0.196 e. The van der Waals surface area contributed by atoms with Crippen molar-refractivity contribution in [2.24, 2.45) is 0 Å². The lowest BCUT2D eigenvalue weighted by Crippen LogP contribution is -2.59. The molecule has 0 spiro atoms. The summed E-state index contributed by atoms with van der Waals surface area (Å²) in [5.74, 6) is 0.659. The first-order valence-electron chi connectivity index (χ1n) is 5.86. The number of nitrogens with zero attached hydrogens (tertiary/aromatic N) is 4. The van der Waals surface area contributed by atoms with E-state index in [9.17, 15) is 0 Å². The first-order chi connectivity index (χ1) is 7.82. The van der Waals surface area contributed by atoms with Gasteiger partial charge in [-0.25, -0.2) is 15.4 Å². The van der Waals surface area contributed by atoms with Crippen LogP contribution in [0.4, 0.5) is 0 Å². The van der Waals surface area contributed by atoms with Crippen LogP contribution in [0.2, 0.25) is 0 Å². The molecule has 0 aromatic rings. The second kappa shape index (κ2) is 5.68. The minimum atomic E-state index is 0.0843. The van der Waals surface area contributed by atoms with Gasteiger partial charge in [0.15, 0.2) is 5.88 Å². The van der Waals surface area contributed by atoms with Crippen LogP contribution in [0.3, 0.4) is 0 Å². The maximum atomic E-state index is 5.77. The Kier molecular flexibility index (Phi) is 4.76. The molecule has 1 rings (SSSR count). The van der Waals surface area contributed by atoms with Crippen molar-refractivity contribution in [2.45, 2.75) is 26.1 Å². The first-order valence-corrected chi connectivity index (χ1v) is 5.86. The van der Waals surface area contributed by atoms with Crippen LogP contribution in [0, 0.1) is 0 Å². The Morgan fingerprint density at radius 3 is 2.41 bits per heavy atom. The predicted molar refractivity (Wildman–Crippen MR) is 68.2 cm³/mol. The molecule has 0 aliphatic carbocycles. The monoisotopic (exact) mass is 243 g/mol. The molecule has 1 N–H and O–H groups in total. The topological polar surface area (TPSA) is 34.2 Å². The van der Waals surface area contributed by atoms with Gasteiger partial charge in [0, 0.05) is 28.2 Å². The van der Waals surface area contributed by atoms with Crippen molar-refractivity contribution < 1.29 is 4.74 Å². The molecule has 6 heteroatoms. The molecule has 1 aliphatic heterocycles. The Hall–Kier alpha value is -0.820. The second-order valence-corrected chi connectivity index (χ2v) is 4.59. The van der Waals surface area contributed by atoms with Crippen LogP contribution in [0.25, 0.3) is 0 Å². The van der Waals surface area contributed by atoms with Gasteiger partial charge in [-0.1, -0.05) is 0 Å². The minimum Gasteiger partial charge on any atom is -0.474 e. The standard InChI is InChI=1S/C11H25N5O/c1-9-8-13(4)16(7)12-10(2)14(5)15(6)11(3)17-9/h9-10,12H,3,8H2,1-2,4-7H3/t9-,10?/m0/s1. The zero-order valence-corrected chi connectivity index (χ0v) is 11.8. The average Bonchev–Trinajstić information content (AvgIpc) is 2.25. The summed E-state index contributed by atoms with van der Waals surface area (Å²) in [6.07, 6.45) is 0.224. The summed E-state index contributed by atoms with van der Waals surface area (Å²) in [5.41, 5.74) is 3.37. The van der Waals surface area contributed by atoms with Crippen LogP contribution in [-0.2, 0) is 4.74 Å². The fourth-order valence-electron chi connectivity index (χ4n) is 1.73. The highest BCUT2D eigenvalue weighted by Gasteiger charge is 2.22. The van der Waals surface area contributed by atoms with Crippen molar-refractivity contribution in [3.8, 4) is 0 Å². The van der Waals surface area contributed by atoms with Crippen LogP contribution in [0.1, 0.15) is 13.8 Å². The molecule has 100 valence electrons. The van der Waals surface area contributed by atoms with Crippen molar-refractivity contribution in [1.29, 1.82) is 0 Å². The lowest BCUT2D eigenvalue weighted by Gasteiger charge is -2.42. The van der Waals surface area contributed by atoms with Crippen molar-refractivity contribution in [2.75, 3.05) is 34.7 Å². The molecular weight excluding hydrogens is 218 g/mol. The summed E-state index contributed by atoms with van der Waals surface area (Å²) < 4.78 is 5.77. The van der Waals surface area contributed by atoms with E-state index >= 15 is 0 Å². The normalized spacial score (nSPS) is 31.4. The van der Waals surface area contributed by atoms with E-state index in [1.165, 1.54) is 0 Å². The van der Waals surface area contributed by atoms with Gasteiger partial charge in [0.2, 0.25) is 0 Å². The van der Waals surface area contributed by atoms with E-state index in [0.717, 1.165) is 6.54 Å². The molecule has 17 heavy (non-hydrogen) atoms. The van der Waals surface area contributed by atoms with Gasteiger partial charge in [-0.05, 0) is 20.4 Å². The second-order valence-electron chi connectivity index (χ2n) is 4.59. The van der Waals surface area contributed by atoms with Gasteiger partial charge in [-0.15, -0.1) is 0 Å². The summed E-state index contributed by atoms with van der Waals surface area (Å²) in [4.78, 5) is 0. The van der Waals surface area contributed by atoms with E-state index in [4.69, 9.17) is 4.74 Å². The summed E-state index contributed by atoms with van der Waals surface area (Å²) in [6, 6.07) is 0. The fraction of sp³-hybridized carbons (Fsp3) is 0.818. The highest BCUT2D eigenvalue weighted by molar-refractivity contribution is 4.82. The van der Waals surface area contributed by atoms with E-state index in [1.54, 1.807) is 0 Å². The van der Waals surface area contributed by atoms with Gasteiger partial charge < -0.3 is 4.74 Å². The molecule has 0 aromatic carbocycles. The summed E-state index contributed by atoms with van der Waals surface area (Å²) in [7, 11) is 7.95. The maximum absolute atomic E-state index is 5.77. The number of likely N-dealkylation sites (N-methyl/N-ethyl adjacent to an activating group) is 1. The van der Waals surface area contributed by atoms with Gasteiger partial charge in [-0.2, -0.15) is 5.12 Å². The Morgan fingerprint density at radius 1 is 1.24 bits per heavy atom. The van der Waals surface area contributed by atoms with Crippen LogP contribution in [-0.4, -0.2) is 67.1 Å². The Morgan fingerprint density at radius 2 is 1.82 bits per heavy atom. The lowest BCUT2D eigenvalue weighted by atomic mass is 10.4. The molecule has 0 radical (unpaired) electrons. The molecule has 2 atom stereocenters. The summed E-state index contributed by atoms with van der Waals surface area (Å²) >= 11 is 0. The SMILES string of the molecule is C=C1O[C@@H](C)CN(C)N(C)NC(C)N(C)N1C. The zero-order valence-electron chi connectivity index (χ0n) is 11.8. The van der Waals surface area contributed by atoms with Crippen molar-refractivity contribution in [3.63, 3.8) is 0 Å². The van der Waals surface area contributed by atoms with Crippen LogP contribution in [0.5, 0.6) is 0 Å². The molecule has 1 fully saturated rings. The van der Waals surface area contributed by atoms with Crippen LogP contribution >= 0.6 is 0 Å². The number of hydrogen-bond donors (Lipinski definition) is 1. The summed E-state index contributed by atoms with van der Waals surface area (Å²) in [5, 5.41) is 7.99. The smallest absolute Gasteiger partial charge is 0.196 e. The molecule has 1 saturated heterocycles. The Labute approximate surface area is 104 Å². The van der Waals surface area contributed by atoms with Crippen LogP contribution in [0.15, 0.2) is 12.5 Å². The number of hydrazine groups is 3. The molecule has 1 aliphatic rings. The average molecular weight is 243 g/mol. The van der Waals surface area contributed by atoms with Gasteiger partial charge >= 0.3 is 0 Å². The van der Waals surface area contributed by atoms with Crippen LogP contribution < -0.4 is 5.43 Å². The van der Waals surface area contributed by atoms with Gasteiger partial charge in [0.05, 0.1) is 12.7 Å². The minimum absolute atomic E-state index is 0.0843. The fourth-order valence-corrected chi connectivity index (χ4v) is 1.73. The first kappa shape index (κ1) is 14.2. The van der Waals surface area contributed by atoms with Crippen molar-refractivity contribution in [1.82, 2.24) is 25.6 Å². The molecule has 0 amide bonds. The highest BCUT2D eigenvalue weighted by Crippen LogP contribution is 2.11. The van der Waals surface area contributed by atoms with E-state index in [-0.39, 0.29) is 12.3 Å². The molecule has 0 bridgehead atoms. The van der Waals surface area contributed by atoms with E-state index in [1.807, 2.05) is 50.3 Å². The Balaban J connectivity index is 2.82. The van der Waals surface area contributed by atoms with Gasteiger partial charge in [0.25, 0.3) is 0 Å². The highest BCUT2D eigenvalue weighted by atomic mass is 16.5. The third-order valence-electron chi connectivity index (χ3n) is 3.14. The largest absolute Gasteiger partial charge is 0.474 e. The summed E-state index contributed by atoms with van der Waals surface area (Å²) in [6.45, 7) is 8.87. The van der Waals surface area contributed by atoms with E-state index in [2.05, 4.69) is 23.9 Å². The van der Waals surface area contributed by atoms with E-state index < -0.39 is 0 Å². The van der Waals surface area contributed by atoms with E-state index in [0.29, 0.717) is 5.88 Å². The van der Waals surface area contributed by atoms with Gasteiger partial charge in [-0.3, -0.25) is 5.01 Å². The Bertz CT molecular complexity index is 273. The number of ether oxygens (including phenoxy) is 1. The molecular formula is C11H25N5O. The molecule has 1 heterocycles. The number of hydrogen-bond acceptors (Lipinski definition) is 6. The molecule has 0 aromatic heterocycles. The molecule has 6 nitrogen and oxygen atoms in total. The zero-order chi connectivity index (χ0) is 13.2. The molecule has 1 unspecified atom stereocenters. The third kappa shape index (κ3) is 3.57. The molecule has 0 saturated carbocycles. The number of nitrogens with one attached hydrogen (secondary N) is 1. The van der Waals surface area contributed by atoms with Crippen molar-refractivity contribution >= 4 is 0 Å². The third-order valence-corrected chi connectivity index (χ3v) is 3.14.